The van der Waals surface area contributed by atoms with Crippen LogP contribution in [-0.2, 0) is 33.3 Å². The van der Waals surface area contributed by atoms with Gasteiger partial charge in [0.1, 0.15) is 13.2 Å². The Morgan fingerprint density at radius 3 is 0.955 bits per heavy atom. The number of likely N-dealkylation sites (N-methyl/N-ethyl adjacent to an activating group) is 1. The maximum Gasteiger partial charge on any atom is 0.361 e. The molecule has 0 aliphatic carbocycles. The minimum absolute atomic E-state index is 0.183. The lowest BCUT2D eigenvalue weighted by atomic mass is 10.0. The normalized spacial score (nSPS) is 13.4. The van der Waals surface area contributed by atoms with Gasteiger partial charge in [0.2, 0.25) is 0 Å². The highest BCUT2D eigenvalue weighted by Crippen LogP contribution is 2.17. The van der Waals surface area contributed by atoms with E-state index in [4.69, 9.17) is 18.9 Å². The van der Waals surface area contributed by atoms with Gasteiger partial charge < -0.3 is 28.5 Å². The molecule has 0 saturated heterocycles. The van der Waals surface area contributed by atoms with Crippen molar-refractivity contribution < 1.29 is 42.9 Å². The van der Waals surface area contributed by atoms with Gasteiger partial charge in [0.25, 0.3) is 6.29 Å². The first kappa shape index (κ1) is 84.7. The van der Waals surface area contributed by atoms with E-state index < -0.39 is 24.3 Å². The van der Waals surface area contributed by atoms with Crippen molar-refractivity contribution in [3.8, 4) is 0 Å². The minimum Gasteiger partial charge on any atom is -0.477 e. The van der Waals surface area contributed by atoms with E-state index in [1.165, 1.54) is 180 Å². The Bertz CT molecular complexity index is 1880. The van der Waals surface area contributed by atoms with Gasteiger partial charge in [-0.25, -0.2) is 4.79 Å². The summed E-state index contributed by atoms with van der Waals surface area (Å²) in [6.07, 6.45) is 96.0. The van der Waals surface area contributed by atoms with Gasteiger partial charge in [-0.15, -0.1) is 0 Å². The zero-order valence-corrected chi connectivity index (χ0v) is 58.3. The van der Waals surface area contributed by atoms with Gasteiger partial charge >= 0.3 is 17.9 Å². The van der Waals surface area contributed by atoms with Crippen LogP contribution in [0.1, 0.15) is 309 Å². The predicted molar refractivity (Wildman–Crippen MR) is 382 cm³/mol. The molecule has 0 spiro atoms. The molecule has 0 heterocycles. The average molecular weight is 1240 g/mol. The van der Waals surface area contributed by atoms with Crippen molar-refractivity contribution in [2.24, 2.45) is 0 Å². The van der Waals surface area contributed by atoms with Crippen molar-refractivity contribution in [1.82, 2.24) is 0 Å². The zero-order chi connectivity index (χ0) is 64.7. The number of carboxylic acid groups (broad SMARTS) is 1. The average Bonchev–Trinajstić information content (AvgIpc) is 3.64. The number of nitrogens with zero attached hydrogens (tertiary/aromatic N) is 1. The molecule has 1 N–H and O–H groups in total. The molecule has 0 bridgehead atoms. The fraction of sp³-hybridized carbons (Fsp3) is 0.713. The van der Waals surface area contributed by atoms with E-state index in [0.29, 0.717) is 23.9 Å². The van der Waals surface area contributed by atoms with Crippen LogP contribution in [0.5, 0.6) is 0 Å². The number of carboxylic acids is 1. The summed E-state index contributed by atoms with van der Waals surface area (Å²) in [5.74, 6) is -2.00. The molecule has 0 aromatic rings. The number of quaternary nitrogens is 1. The molecular formula is C80H138NO8+. The summed E-state index contributed by atoms with van der Waals surface area (Å²) in [5.41, 5.74) is 0. The maximum absolute atomic E-state index is 13.0. The second-order valence-corrected chi connectivity index (χ2v) is 25.5. The van der Waals surface area contributed by atoms with Gasteiger partial charge in [0.05, 0.1) is 34.4 Å². The quantitative estimate of drug-likeness (QED) is 0.0211. The third kappa shape index (κ3) is 71.0. The topological polar surface area (TPSA) is 108 Å². The van der Waals surface area contributed by atoms with Gasteiger partial charge in [0.15, 0.2) is 6.10 Å². The standard InChI is InChI=1S/C80H137NO8/c1-6-8-10-12-14-16-18-20-22-24-26-28-30-32-34-36-37-38-39-40-41-43-45-47-49-51-53-55-57-59-61-63-65-67-69-71-78(83)89-76(75-88-80(79(84)85)86-73-72-81(3,4)5)74-87-77(82)70-68-66-64-62-60-58-56-54-52-50-48-46-44-42-35-33-31-29-27-25-23-21-19-17-15-13-11-9-7-2/h8,10,14,16,19-22,25-28,31-34,37-38,40-41,76,80H,6-7,9,11-13,15,17-18,23-24,29-30,35-36,39,42-75H2,1-5H3/p+1/b10-8-,16-14-,21-19-,22-20-,27-25-,28-26-,33-31-,34-32-,38-37-,41-40-. The number of allylic oxidation sites excluding steroid dienone is 20. The van der Waals surface area contributed by atoms with Crippen LogP contribution in [0.3, 0.4) is 0 Å². The Labute approximate surface area is 548 Å². The number of ether oxygens (including phenoxy) is 4. The lowest BCUT2D eigenvalue weighted by molar-refractivity contribution is -0.870. The molecule has 2 atom stereocenters. The van der Waals surface area contributed by atoms with Crippen LogP contribution in [0.4, 0.5) is 0 Å². The van der Waals surface area contributed by atoms with E-state index in [0.717, 1.165) is 96.3 Å². The minimum atomic E-state index is -1.52. The Morgan fingerprint density at radius 1 is 0.348 bits per heavy atom. The van der Waals surface area contributed by atoms with Gasteiger partial charge in [-0.1, -0.05) is 309 Å². The van der Waals surface area contributed by atoms with E-state index in [-0.39, 0.29) is 32.2 Å². The van der Waals surface area contributed by atoms with Gasteiger partial charge in [-0.2, -0.15) is 0 Å². The van der Waals surface area contributed by atoms with Crippen LogP contribution in [0.15, 0.2) is 122 Å². The molecule has 0 fully saturated rings. The SMILES string of the molecule is CC/C=C\C/C=C\C/C=C\C/C=C\C/C=C\C/C=C\C/C=C\CCCCCCCCCCCCCCCC(=O)OC(COC(=O)CCCCCCCCCCCCCCCC/C=C\C/C=C\C/C=C\CCCCCCC)COC(OCC[N+](C)(C)C)C(=O)O. The Balaban J connectivity index is 4.11. The highest BCUT2D eigenvalue weighted by Gasteiger charge is 2.25. The van der Waals surface area contributed by atoms with Crippen molar-refractivity contribution in [2.75, 3.05) is 47.5 Å². The van der Waals surface area contributed by atoms with Crippen molar-refractivity contribution in [3.05, 3.63) is 122 Å². The molecule has 0 aliphatic rings. The van der Waals surface area contributed by atoms with E-state index in [1.54, 1.807) is 0 Å². The van der Waals surface area contributed by atoms with Crippen LogP contribution in [0, 0.1) is 0 Å². The Kier molecular flexibility index (Phi) is 66.2. The second-order valence-electron chi connectivity index (χ2n) is 25.5. The summed E-state index contributed by atoms with van der Waals surface area (Å²) in [7, 11) is 5.98. The highest BCUT2D eigenvalue weighted by molar-refractivity contribution is 5.71. The van der Waals surface area contributed by atoms with E-state index in [2.05, 4.69) is 135 Å². The first-order chi connectivity index (χ1) is 43.6. The Hall–Kier alpha value is -4.31. The molecule has 510 valence electrons. The molecule has 0 saturated carbocycles. The van der Waals surface area contributed by atoms with Gasteiger partial charge in [-0.05, 0) is 109 Å². The van der Waals surface area contributed by atoms with Crippen LogP contribution in [0.2, 0.25) is 0 Å². The fourth-order valence-corrected chi connectivity index (χ4v) is 10.1. The number of rotatable bonds is 67. The highest BCUT2D eigenvalue weighted by atomic mass is 16.7. The van der Waals surface area contributed by atoms with Crippen LogP contribution < -0.4 is 0 Å². The number of carbonyl (C=O) groups is 3. The molecule has 0 amide bonds. The number of unbranched alkanes of at least 4 members (excludes halogenated alkanes) is 32. The van der Waals surface area contributed by atoms with Gasteiger partial charge in [-0.3, -0.25) is 9.59 Å². The summed E-state index contributed by atoms with van der Waals surface area (Å²) in [6.45, 7) is 4.77. The van der Waals surface area contributed by atoms with Crippen LogP contribution in [0.25, 0.3) is 0 Å². The number of hydrogen-bond acceptors (Lipinski definition) is 7. The summed E-state index contributed by atoms with van der Waals surface area (Å²) in [4.78, 5) is 37.7. The van der Waals surface area contributed by atoms with Crippen LogP contribution in [-0.4, -0.2) is 87.4 Å². The number of aliphatic carboxylic acids is 1. The summed E-state index contributed by atoms with van der Waals surface area (Å²) in [6, 6.07) is 0. The number of carbonyl (C=O) groups excluding carboxylic acids is 2. The van der Waals surface area contributed by atoms with Gasteiger partial charge in [0, 0.05) is 12.8 Å². The summed E-state index contributed by atoms with van der Waals surface area (Å²) in [5, 5.41) is 9.76. The third-order valence-corrected chi connectivity index (χ3v) is 15.7. The van der Waals surface area contributed by atoms with Crippen molar-refractivity contribution in [2.45, 2.75) is 322 Å². The molecule has 9 heteroatoms. The monoisotopic (exact) mass is 1240 g/mol. The largest absolute Gasteiger partial charge is 0.477 e. The molecule has 0 aromatic carbocycles. The zero-order valence-electron chi connectivity index (χ0n) is 58.3. The van der Waals surface area contributed by atoms with Crippen molar-refractivity contribution >= 4 is 17.9 Å². The van der Waals surface area contributed by atoms with Crippen molar-refractivity contribution in [1.29, 1.82) is 0 Å². The molecule has 89 heavy (non-hydrogen) atoms. The molecule has 2 unspecified atom stereocenters. The fourth-order valence-electron chi connectivity index (χ4n) is 10.1. The number of hydrogen-bond donors (Lipinski definition) is 1. The molecular weight excluding hydrogens is 1100 g/mol. The summed E-state index contributed by atoms with van der Waals surface area (Å²) < 4.78 is 23.0. The number of esters is 2. The van der Waals surface area contributed by atoms with E-state index in [9.17, 15) is 19.5 Å². The lowest BCUT2D eigenvalue weighted by Gasteiger charge is -2.25. The molecule has 0 aliphatic heterocycles. The molecule has 0 aromatic heterocycles. The summed E-state index contributed by atoms with van der Waals surface area (Å²) >= 11 is 0. The van der Waals surface area contributed by atoms with Crippen LogP contribution >= 0.6 is 0 Å². The Morgan fingerprint density at radius 2 is 0.640 bits per heavy atom. The molecule has 0 rings (SSSR count). The third-order valence-electron chi connectivity index (χ3n) is 15.7. The van der Waals surface area contributed by atoms with Crippen molar-refractivity contribution in [3.63, 3.8) is 0 Å². The first-order valence-corrected chi connectivity index (χ1v) is 36.7. The van der Waals surface area contributed by atoms with E-state index >= 15 is 0 Å². The van der Waals surface area contributed by atoms with E-state index in [1.807, 2.05) is 21.1 Å². The first-order valence-electron chi connectivity index (χ1n) is 36.7. The second kappa shape index (κ2) is 69.6. The lowest BCUT2D eigenvalue weighted by Crippen LogP contribution is -2.40. The predicted octanol–water partition coefficient (Wildman–Crippen LogP) is 23.1. The molecule has 0 radical (unpaired) electrons. The maximum atomic E-state index is 13.0. The smallest absolute Gasteiger partial charge is 0.361 e. The molecule has 9 nitrogen and oxygen atoms in total.